The van der Waals surface area contributed by atoms with Crippen LogP contribution in [-0.2, 0) is 0 Å². The summed E-state index contributed by atoms with van der Waals surface area (Å²) in [6, 6.07) is 6.64. The zero-order chi connectivity index (χ0) is 19.0. The number of hydrogen-bond donors (Lipinski definition) is 0. The van der Waals surface area contributed by atoms with Crippen LogP contribution in [0.2, 0.25) is 0 Å². The molecule has 0 atom stereocenters. The van der Waals surface area contributed by atoms with Gasteiger partial charge in [0.05, 0.1) is 11.3 Å². The van der Waals surface area contributed by atoms with Crippen molar-refractivity contribution in [2.75, 3.05) is 18.0 Å². The van der Waals surface area contributed by atoms with Crippen molar-refractivity contribution >= 4 is 11.5 Å². The van der Waals surface area contributed by atoms with Crippen molar-refractivity contribution in [3.63, 3.8) is 0 Å². The average Bonchev–Trinajstić information content (AvgIpc) is 2.88. The average molecular weight is 351 g/mol. The maximum Gasteiger partial charge on any atom is 0.165 e. The Bertz CT molecular complexity index is 929. The predicted octanol–water partition coefficient (Wildman–Crippen LogP) is 5.17. The third-order valence-electron chi connectivity index (χ3n) is 5.00. The normalized spacial score (nSPS) is 11.3. The minimum Gasteiger partial charge on any atom is -0.357 e. The summed E-state index contributed by atoms with van der Waals surface area (Å²) in [7, 11) is 0. The molecule has 4 heteroatoms. The van der Waals surface area contributed by atoms with Crippen LogP contribution in [0.1, 0.15) is 48.3 Å². The molecular formula is C22H30N4. The molecule has 0 aliphatic heterocycles. The summed E-state index contributed by atoms with van der Waals surface area (Å²) in [5.74, 6) is 1.13. The molecule has 3 aromatic rings. The molecule has 26 heavy (non-hydrogen) atoms. The lowest BCUT2D eigenvalue weighted by atomic mass is 9.94. The Morgan fingerprint density at radius 2 is 1.58 bits per heavy atom. The summed E-state index contributed by atoms with van der Waals surface area (Å²) >= 11 is 0. The molecule has 3 rings (SSSR count). The molecule has 0 fully saturated rings. The number of rotatable bonds is 5. The first-order valence-corrected chi connectivity index (χ1v) is 9.57. The van der Waals surface area contributed by atoms with Crippen molar-refractivity contribution < 1.29 is 0 Å². The van der Waals surface area contributed by atoms with E-state index in [0.29, 0.717) is 0 Å². The second-order valence-electron chi connectivity index (χ2n) is 7.30. The van der Waals surface area contributed by atoms with E-state index in [0.717, 1.165) is 47.9 Å². The first-order chi connectivity index (χ1) is 12.4. The maximum atomic E-state index is 4.90. The quantitative estimate of drug-likeness (QED) is 0.636. The van der Waals surface area contributed by atoms with Crippen LogP contribution in [0.3, 0.4) is 0 Å². The van der Waals surface area contributed by atoms with Gasteiger partial charge in [0.25, 0.3) is 0 Å². The summed E-state index contributed by atoms with van der Waals surface area (Å²) in [4.78, 5) is 7.27. The van der Waals surface area contributed by atoms with Gasteiger partial charge in [-0.1, -0.05) is 24.6 Å². The van der Waals surface area contributed by atoms with E-state index in [-0.39, 0.29) is 0 Å². The number of aromatic nitrogens is 3. The smallest absolute Gasteiger partial charge is 0.165 e. The third-order valence-corrected chi connectivity index (χ3v) is 5.00. The highest BCUT2D eigenvalue weighted by Gasteiger charge is 2.20. The molecule has 0 aliphatic carbocycles. The van der Waals surface area contributed by atoms with Crippen LogP contribution in [0.5, 0.6) is 0 Å². The molecule has 0 radical (unpaired) electrons. The van der Waals surface area contributed by atoms with Gasteiger partial charge in [0.1, 0.15) is 5.82 Å². The van der Waals surface area contributed by atoms with Crippen molar-refractivity contribution in [1.29, 1.82) is 0 Å². The number of anilines is 1. The number of benzene rings is 1. The van der Waals surface area contributed by atoms with Crippen LogP contribution in [-0.4, -0.2) is 27.7 Å². The van der Waals surface area contributed by atoms with Crippen LogP contribution >= 0.6 is 0 Å². The van der Waals surface area contributed by atoms with E-state index >= 15 is 0 Å². The highest BCUT2D eigenvalue weighted by atomic mass is 15.3. The molecule has 0 N–H and O–H groups in total. The van der Waals surface area contributed by atoms with Gasteiger partial charge in [-0.2, -0.15) is 9.61 Å². The summed E-state index contributed by atoms with van der Waals surface area (Å²) in [5.41, 5.74) is 9.32. The SMILES string of the molecule is CCCN(CC)c1cc(C)nc2c(-c3c(C)cc(C)cc3C)c(C)nn12. The van der Waals surface area contributed by atoms with Crippen molar-refractivity contribution in [2.45, 2.75) is 54.9 Å². The van der Waals surface area contributed by atoms with Crippen LogP contribution in [0.25, 0.3) is 16.8 Å². The van der Waals surface area contributed by atoms with E-state index in [1.807, 2.05) is 4.52 Å². The van der Waals surface area contributed by atoms with Gasteiger partial charge in [-0.05, 0) is 64.7 Å². The largest absolute Gasteiger partial charge is 0.357 e. The fourth-order valence-electron chi connectivity index (χ4n) is 4.02. The minimum absolute atomic E-state index is 0.960. The third kappa shape index (κ3) is 3.09. The molecule has 0 amide bonds. The standard InChI is InChI=1S/C22H30N4/c1-8-10-25(9-2)19-13-17(6)23-22-21(18(7)24-26(19)22)20-15(4)11-14(3)12-16(20)5/h11-13H,8-10H2,1-7H3. The zero-order valence-corrected chi connectivity index (χ0v) is 17.1. The lowest BCUT2D eigenvalue weighted by Gasteiger charge is -2.23. The highest BCUT2D eigenvalue weighted by Crippen LogP contribution is 2.35. The van der Waals surface area contributed by atoms with Gasteiger partial charge in [-0.3, -0.25) is 0 Å². The molecule has 0 aliphatic rings. The van der Waals surface area contributed by atoms with Crippen LogP contribution in [0.15, 0.2) is 18.2 Å². The van der Waals surface area contributed by atoms with Crippen molar-refractivity contribution in [2.24, 2.45) is 0 Å². The molecule has 4 nitrogen and oxygen atoms in total. The summed E-state index contributed by atoms with van der Waals surface area (Å²) in [6.45, 7) is 17.1. The fourth-order valence-corrected chi connectivity index (χ4v) is 4.02. The van der Waals surface area contributed by atoms with Crippen LogP contribution in [0.4, 0.5) is 5.82 Å². The lowest BCUT2D eigenvalue weighted by Crippen LogP contribution is -2.26. The Morgan fingerprint density at radius 3 is 2.15 bits per heavy atom. The number of fused-ring (bicyclic) bond motifs is 1. The Labute approximate surface area is 156 Å². The molecule has 2 aromatic heterocycles. The Kier molecular flexibility index (Phi) is 5.03. The van der Waals surface area contributed by atoms with E-state index in [4.69, 9.17) is 10.1 Å². The minimum atomic E-state index is 0.960. The zero-order valence-electron chi connectivity index (χ0n) is 17.1. The van der Waals surface area contributed by atoms with E-state index in [9.17, 15) is 0 Å². The number of nitrogens with zero attached hydrogens (tertiary/aromatic N) is 4. The molecule has 0 bridgehead atoms. The Hall–Kier alpha value is -2.36. The molecule has 0 spiro atoms. The molecule has 1 aromatic carbocycles. The first kappa shape index (κ1) is 18.4. The molecule has 138 valence electrons. The second-order valence-corrected chi connectivity index (χ2v) is 7.30. The summed E-state index contributed by atoms with van der Waals surface area (Å²) in [5, 5.41) is 4.90. The molecule has 2 heterocycles. The van der Waals surface area contributed by atoms with Crippen LogP contribution < -0.4 is 4.90 Å². The van der Waals surface area contributed by atoms with Gasteiger partial charge in [-0.15, -0.1) is 0 Å². The predicted molar refractivity (Wildman–Crippen MR) is 110 cm³/mol. The number of aryl methyl sites for hydroxylation is 5. The molecule has 0 saturated carbocycles. The van der Waals surface area contributed by atoms with Crippen molar-refractivity contribution in [3.8, 4) is 11.1 Å². The van der Waals surface area contributed by atoms with Gasteiger partial charge in [-0.25, -0.2) is 4.98 Å². The van der Waals surface area contributed by atoms with E-state index in [1.165, 1.54) is 22.3 Å². The van der Waals surface area contributed by atoms with Gasteiger partial charge >= 0.3 is 0 Å². The molecule has 0 saturated heterocycles. The van der Waals surface area contributed by atoms with Crippen molar-refractivity contribution in [1.82, 2.24) is 14.6 Å². The maximum absolute atomic E-state index is 4.90. The van der Waals surface area contributed by atoms with Crippen LogP contribution in [0, 0.1) is 34.6 Å². The molecule has 0 unspecified atom stereocenters. The van der Waals surface area contributed by atoms with E-state index in [1.54, 1.807) is 0 Å². The topological polar surface area (TPSA) is 33.4 Å². The number of hydrogen-bond acceptors (Lipinski definition) is 3. The molecular weight excluding hydrogens is 320 g/mol. The first-order valence-electron chi connectivity index (χ1n) is 9.57. The van der Waals surface area contributed by atoms with E-state index < -0.39 is 0 Å². The summed E-state index contributed by atoms with van der Waals surface area (Å²) in [6.07, 6.45) is 1.11. The van der Waals surface area contributed by atoms with Gasteiger partial charge in [0.2, 0.25) is 0 Å². The van der Waals surface area contributed by atoms with Gasteiger partial charge < -0.3 is 4.90 Å². The lowest BCUT2D eigenvalue weighted by molar-refractivity contribution is 0.748. The Balaban J connectivity index is 2.33. The van der Waals surface area contributed by atoms with Gasteiger partial charge in [0, 0.05) is 24.8 Å². The summed E-state index contributed by atoms with van der Waals surface area (Å²) < 4.78 is 2.04. The second kappa shape index (κ2) is 7.10. The van der Waals surface area contributed by atoms with Crippen molar-refractivity contribution in [3.05, 3.63) is 46.3 Å². The fraction of sp³-hybridized carbons (Fsp3) is 0.455. The van der Waals surface area contributed by atoms with Gasteiger partial charge in [0.15, 0.2) is 5.65 Å². The highest BCUT2D eigenvalue weighted by molar-refractivity contribution is 5.85. The van der Waals surface area contributed by atoms with E-state index in [2.05, 4.69) is 71.6 Å². The monoisotopic (exact) mass is 350 g/mol. The Morgan fingerprint density at radius 1 is 0.923 bits per heavy atom.